The summed E-state index contributed by atoms with van der Waals surface area (Å²) in [6, 6.07) is 14.0. The molecule has 3 nitrogen and oxygen atoms in total. The lowest BCUT2D eigenvalue weighted by atomic mass is 9.77. The maximum atomic E-state index is 14.4. The van der Waals surface area contributed by atoms with E-state index in [9.17, 15) is 9.18 Å². The molecule has 0 saturated heterocycles. The van der Waals surface area contributed by atoms with Crippen LogP contribution in [0.5, 0.6) is 5.75 Å². The molecule has 2 aromatic carbocycles. The van der Waals surface area contributed by atoms with Crippen molar-refractivity contribution in [2.75, 3.05) is 11.9 Å². The van der Waals surface area contributed by atoms with Crippen molar-refractivity contribution in [1.82, 2.24) is 0 Å². The van der Waals surface area contributed by atoms with Crippen LogP contribution in [0.1, 0.15) is 45.1 Å². The van der Waals surface area contributed by atoms with Gasteiger partial charge in [0.25, 0.3) is 0 Å². The van der Waals surface area contributed by atoms with Crippen LogP contribution in [0, 0.1) is 11.7 Å². The molecule has 0 aliphatic heterocycles. The maximum absolute atomic E-state index is 14.4. The first-order chi connectivity index (χ1) is 12.5. The van der Waals surface area contributed by atoms with Gasteiger partial charge in [0.15, 0.2) is 0 Å². The van der Waals surface area contributed by atoms with Crippen LogP contribution >= 0.6 is 0 Å². The summed E-state index contributed by atoms with van der Waals surface area (Å²) in [6.07, 6.45) is 3.22. The number of carbonyl (C=O) groups excluding carboxylic acids is 1. The lowest BCUT2D eigenvalue weighted by molar-refractivity contribution is -0.121. The lowest BCUT2D eigenvalue weighted by Gasteiger charge is -2.28. The summed E-state index contributed by atoms with van der Waals surface area (Å²) < 4.78 is 20.1. The van der Waals surface area contributed by atoms with Crippen molar-refractivity contribution in [3.05, 3.63) is 59.9 Å². The Morgan fingerprint density at radius 2 is 1.77 bits per heavy atom. The van der Waals surface area contributed by atoms with Gasteiger partial charge in [0.05, 0.1) is 12.0 Å². The first kappa shape index (κ1) is 18.4. The molecule has 0 bridgehead atoms. The van der Waals surface area contributed by atoms with Gasteiger partial charge in [-0.25, -0.2) is 4.39 Å². The third-order valence-corrected chi connectivity index (χ3v) is 4.98. The first-order valence-corrected chi connectivity index (χ1v) is 9.30. The monoisotopic (exact) mass is 355 g/mol. The summed E-state index contributed by atoms with van der Waals surface area (Å²) in [5, 5.41) is 2.98. The van der Waals surface area contributed by atoms with Crippen molar-refractivity contribution in [2.45, 2.75) is 44.9 Å². The minimum absolute atomic E-state index is 0.129. The van der Waals surface area contributed by atoms with Gasteiger partial charge in [-0.1, -0.05) is 44.9 Å². The number of hydrogen-bond acceptors (Lipinski definition) is 2. The minimum atomic E-state index is -0.780. The molecule has 0 heterocycles. The Bertz CT molecular complexity index is 749. The Morgan fingerprint density at radius 3 is 2.38 bits per heavy atom. The van der Waals surface area contributed by atoms with Gasteiger partial charge in [0, 0.05) is 11.3 Å². The summed E-state index contributed by atoms with van der Waals surface area (Å²) >= 11 is 0. The van der Waals surface area contributed by atoms with Crippen molar-refractivity contribution in [1.29, 1.82) is 0 Å². The molecule has 1 amide bonds. The average Bonchev–Trinajstić information content (AvgIpc) is 3.12. The van der Waals surface area contributed by atoms with E-state index in [1.807, 2.05) is 24.3 Å². The van der Waals surface area contributed by atoms with Gasteiger partial charge in [-0.15, -0.1) is 0 Å². The van der Waals surface area contributed by atoms with Gasteiger partial charge in [0.2, 0.25) is 5.91 Å². The smallest absolute Gasteiger partial charge is 0.235 e. The van der Waals surface area contributed by atoms with Crippen LogP contribution in [-0.4, -0.2) is 12.5 Å². The Morgan fingerprint density at radius 1 is 1.12 bits per heavy atom. The van der Waals surface area contributed by atoms with Crippen LogP contribution in [0.25, 0.3) is 0 Å². The number of hydrogen-bond donors (Lipinski definition) is 1. The molecule has 3 rings (SSSR count). The first-order valence-electron chi connectivity index (χ1n) is 9.30. The molecule has 1 aliphatic rings. The highest BCUT2D eigenvalue weighted by Gasteiger charge is 2.44. The summed E-state index contributed by atoms with van der Waals surface area (Å²) in [5.41, 5.74) is 0.430. The predicted octanol–water partition coefficient (Wildman–Crippen LogP) is 5.31. The Hall–Kier alpha value is -2.36. The van der Waals surface area contributed by atoms with E-state index in [1.165, 1.54) is 6.07 Å². The lowest BCUT2D eigenvalue weighted by Crippen LogP contribution is -2.38. The maximum Gasteiger partial charge on any atom is 0.235 e. The SMILES string of the molecule is CC(C)COc1ccc(NC(=O)C2(c3ccccc3F)CCCC2)cc1. The van der Waals surface area contributed by atoms with Crippen LogP contribution in [0.3, 0.4) is 0 Å². The highest BCUT2D eigenvalue weighted by atomic mass is 19.1. The van der Waals surface area contributed by atoms with Crippen LogP contribution in [0.2, 0.25) is 0 Å². The molecule has 0 atom stereocenters. The average molecular weight is 355 g/mol. The van der Waals surface area contributed by atoms with Gasteiger partial charge in [0.1, 0.15) is 11.6 Å². The predicted molar refractivity (Wildman–Crippen MR) is 102 cm³/mol. The molecule has 0 spiro atoms. The van der Waals surface area contributed by atoms with Gasteiger partial charge in [-0.05, 0) is 49.1 Å². The number of ether oxygens (including phenoxy) is 1. The Kier molecular flexibility index (Phi) is 5.60. The molecule has 138 valence electrons. The van der Waals surface area contributed by atoms with Crippen molar-refractivity contribution < 1.29 is 13.9 Å². The van der Waals surface area contributed by atoms with Crippen molar-refractivity contribution >= 4 is 11.6 Å². The van der Waals surface area contributed by atoms with Gasteiger partial charge < -0.3 is 10.1 Å². The normalized spacial score (nSPS) is 15.8. The summed E-state index contributed by atoms with van der Waals surface area (Å²) in [4.78, 5) is 13.1. The number of anilines is 1. The zero-order valence-corrected chi connectivity index (χ0v) is 15.4. The van der Waals surface area contributed by atoms with Crippen LogP contribution in [-0.2, 0) is 10.2 Å². The van der Waals surface area contributed by atoms with Crippen LogP contribution < -0.4 is 10.1 Å². The fraction of sp³-hybridized carbons (Fsp3) is 0.409. The fourth-order valence-corrected chi connectivity index (χ4v) is 3.59. The number of nitrogens with one attached hydrogen (secondary N) is 1. The number of benzene rings is 2. The third-order valence-electron chi connectivity index (χ3n) is 4.98. The molecule has 1 aliphatic carbocycles. The summed E-state index contributed by atoms with van der Waals surface area (Å²) in [5.74, 6) is 0.802. The van der Waals surface area contributed by atoms with Crippen LogP contribution in [0.4, 0.5) is 10.1 Å². The number of halogens is 1. The second-order valence-electron chi connectivity index (χ2n) is 7.45. The summed E-state index contributed by atoms with van der Waals surface area (Å²) in [6.45, 7) is 4.85. The zero-order chi connectivity index (χ0) is 18.6. The quantitative estimate of drug-likeness (QED) is 0.762. The zero-order valence-electron chi connectivity index (χ0n) is 15.4. The molecule has 4 heteroatoms. The Balaban J connectivity index is 1.76. The molecule has 0 aromatic heterocycles. The Labute approximate surface area is 154 Å². The minimum Gasteiger partial charge on any atom is -0.493 e. The van der Waals surface area contributed by atoms with E-state index in [-0.39, 0.29) is 11.7 Å². The van der Waals surface area contributed by atoms with E-state index < -0.39 is 5.41 Å². The van der Waals surface area contributed by atoms with Crippen molar-refractivity contribution in [3.63, 3.8) is 0 Å². The standard InChI is InChI=1S/C22H26FNO2/c1-16(2)15-26-18-11-9-17(10-12-18)24-21(25)22(13-5-6-14-22)19-7-3-4-8-20(19)23/h3-4,7-12,16H,5-6,13-15H2,1-2H3,(H,24,25). The number of rotatable bonds is 6. The van der Waals surface area contributed by atoms with E-state index in [0.29, 0.717) is 36.6 Å². The highest BCUT2D eigenvalue weighted by molar-refractivity contribution is 5.99. The number of carbonyl (C=O) groups is 1. The topological polar surface area (TPSA) is 38.3 Å². The van der Waals surface area contributed by atoms with Crippen molar-refractivity contribution in [2.24, 2.45) is 5.92 Å². The van der Waals surface area contributed by atoms with E-state index in [0.717, 1.165) is 18.6 Å². The number of amides is 1. The van der Waals surface area contributed by atoms with Gasteiger partial charge in [-0.2, -0.15) is 0 Å². The molecule has 1 fully saturated rings. The molecule has 1 N–H and O–H groups in total. The van der Waals surface area contributed by atoms with Crippen LogP contribution in [0.15, 0.2) is 48.5 Å². The third kappa shape index (κ3) is 3.90. The van der Waals surface area contributed by atoms with E-state index in [1.54, 1.807) is 18.2 Å². The molecule has 0 unspecified atom stereocenters. The second kappa shape index (κ2) is 7.90. The fourth-order valence-electron chi connectivity index (χ4n) is 3.59. The largest absolute Gasteiger partial charge is 0.493 e. The van der Waals surface area contributed by atoms with E-state index in [4.69, 9.17) is 4.74 Å². The molecule has 2 aromatic rings. The molecular formula is C22H26FNO2. The van der Waals surface area contributed by atoms with E-state index in [2.05, 4.69) is 19.2 Å². The molecule has 26 heavy (non-hydrogen) atoms. The van der Waals surface area contributed by atoms with Gasteiger partial charge in [-0.3, -0.25) is 4.79 Å². The van der Waals surface area contributed by atoms with E-state index >= 15 is 0 Å². The molecule has 0 radical (unpaired) electrons. The van der Waals surface area contributed by atoms with Crippen molar-refractivity contribution in [3.8, 4) is 5.75 Å². The summed E-state index contributed by atoms with van der Waals surface area (Å²) in [7, 11) is 0. The highest BCUT2D eigenvalue weighted by Crippen LogP contribution is 2.43. The molecule has 1 saturated carbocycles. The van der Waals surface area contributed by atoms with Gasteiger partial charge >= 0.3 is 0 Å². The second-order valence-corrected chi connectivity index (χ2v) is 7.45. The molecular weight excluding hydrogens is 329 g/mol.